The summed E-state index contributed by atoms with van der Waals surface area (Å²) >= 11 is 1.38. The van der Waals surface area contributed by atoms with E-state index in [1.165, 1.54) is 17.4 Å². The Labute approximate surface area is 186 Å². The third-order valence-corrected chi connectivity index (χ3v) is 5.80. The van der Waals surface area contributed by atoms with Gasteiger partial charge in [0, 0.05) is 39.7 Å². The molecule has 0 aliphatic carbocycles. The van der Waals surface area contributed by atoms with Gasteiger partial charge in [-0.25, -0.2) is 9.67 Å². The number of para-hydroxylation sites is 3. The van der Waals surface area contributed by atoms with Crippen LogP contribution in [-0.4, -0.2) is 20.8 Å². The predicted molar refractivity (Wildman–Crippen MR) is 127 cm³/mol. The summed E-state index contributed by atoms with van der Waals surface area (Å²) in [6.07, 6.45) is 3.68. The third kappa shape index (κ3) is 3.75. The standard InChI is InChI=1S/C24H17N5O2S/c30-29(31)22-13-7-6-12-21(22)27-24-28(23(16-32-24)17-8-2-1-3-9-17)26-15-18-14-25-20-11-5-4-10-19(18)20/h1-16,25H. The molecule has 7 nitrogen and oxygen atoms in total. The molecule has 0 bridgehead atoms. The minimum Gasteiger partial charge on any atom is -0.361 e. The predicted octanol–water partition coefficient (Wildman–Crippen LogP) is 5.72. The van der Waals surface area contributed by atoms with Crippen LogP contribution in [0, 0.1) is 10.1 Å². The zero-order chi connectivity index (χ0) is 21.9. The van der Waals surface area contributed by atoms with Gasteiger partial charge in [-0.3, -0.25) is 10.1 Å². The Balaban J connectivity index is 1.68. The second-order valence-corrected chi connectivity index (χ2v) is 7.81. The number of benzene rings is 3. The Bertz CT molecular complexity index is 1510. The molecule has 5 rings (SSSR count). The Hall–Kier alpha value is -4.30. The molecule has 8 heteroatoms. The molecule has 0 unspecified atom stereocenters. The maximum Gasteiger partial charge on any atom is 0.294 e. The first-order valence-electron chi connectivity index (χ1n) is 9.85. The molecule has 0 spiro atoms. The number of H-pyrrole nitrogens is 1. The molecule has 32 heavy (non-hydrogen) atoms. The highest BCUT2D eigenvalue weighted by molar-refractivity contribution is 7.07. The van der Waals surface area contributed by atoms with E-state index in [4.69, 9.17) is 5.10 Å². The van der Waals surface area contributed by atoms with E-state index in [0.29, 0.717) is 4.80 Å². The van der Waals surface area contributed by atoms with Crippen LogP contribution in [0.5, 0.6) is 0 Å². The summed E-state index contributed by atoms with van der Waals surface area (Å²) in [6.45, 7) is 0. The molecule has 3 aromatic carbocycles. The number of rotatable bonds is 5. The Morgan fingerprint density at radius 2 is 1.72 bits per heavy atom. The first-order valence-corrected chi connectivity index (χ1v) is 10.7. The summed E-state index contributed by atoms with van der Waals surface area (Å²) in [5.74, 6) is 0. The maximum absolute atomic E-state index is 11.4. The van der Waals surface area contributed by atoms with Gasteiger partial charge in [0.05, 0.1) is 16.8 Å². The SMILES string of the molecule is O=[N+]([O-])c1ccccc1N=c1scc(-c2ccccc2)n1N=Cc1c[nH]c2ccccc12. The summed E-state index contributed by atoms with van der Waals surface area (Å²) in [6, 6.07) is 24.3. The van der Waals surface area contributed by atoms with Crippen molar-refractivity contribution in [3.05, 3.63) is 111 Å². The van der Waals surface area contributed by atoms with Gasteiger partial charge in [0.2, 0.25) is 4.80 Å². The molecule has 0 fully saturated rings. The van der Waals surface area contributed by atoms with Gasteiger partial charge in [-0.2, -0.15) is 5.10 Å². The van der Waals surface area contributed by atoms with Crippen LogP contribution in [0.15, 0.2) is 101 Å². The van der Waals surface area contributed by atoms with Crippen molar-refractivity contribution in [1.29, 1.82) is 0 Å². The number of aromatic amines is 1. The minimum absolute atomic E-state index is 0.0469. The van der Waals surface area contributed by atoms with Crippen LogP contribution in [0.4, 0.5) is 11.4 Å². The quantitative estimate of drug-likeness (QED) is 0.216. The van der Waals surface area contributed by atoms with Crippen molar-refractivity contribution in [3.63, 3.8) is 0 Å². The fraction of sp³-hybridized carbons (Fsp3) is 0. The van der Waals surface area contributed by atoms with Crippen LogP contribution in [-0.2, 0) is 0 Å². The zero-order valence-corrected chi connectivity index (χ0v) is 17.6. The third-order valence-electron chi connectivity index (χ3n) is 4.98. The van der Waals surface area contributed by atoms with Gasteiger partial charge in [0.25, 0.3) is 5.69 Å². The number of fused-ring (bicyclic) bond motifs is 1. The van der Waals surface area contributed by atoms with Gasteiger partial charge in [-0.1, -0.05) is 60.7 Å². The van der Waals surface area contributed by atoms with E-state index >= 15 is 0 Å². The molecular weight excluding hydrogens is 422 g/mol. The number of aromatic nitrogens is 2. The van der Waals surface area contributed by atoms with Crippen molar-refractivity contribution in [2.24, 2.45) is 10.1 Å². The van der Waals surface area contributed by atoms with E-state index in [1.54, 1.807) is 29.1 Å². The molecule has 1 N–H and O–H groups in total. The highest BCUT2D eigenvalue weighted by atomic mass is 32.1. The molecule has 156 valence electrons. The fourth-order valence-electron chi connectivity index (χ4n) is 3.43. The second-order valence-electron chi connectivity index (χ2n) is 6.97. The van der Waals surface area contributed by atoms with Crippen LogP contribution in [0.3, 0.4) is 0 Å². The molecule has 0 aliphatic rings. The van der Waals surface area contributed by atoms with Crippen molar-refractivity contribution in [1.82, 2.24) is 9.66 Å². The van der Waals surface area contributed by atoms with Gasteiger partial charge in [0.15, 0.2) is 0 Å². The largest absolute Gasteiger partial charge is 0.361 e. The molecule has 0 amide bonds. The number of hydrogen-bond acceptors (Lipinski definition) is 5. The monoisotopic (exact) mass is 439 g/mol. The van der Waals surface area contributed by atoms with E-state index in [-0.39, 0.29) is 11.4 Å². The smallest absolute Gasteiger partial charge is 0.294 e. The maximum atomic E-state index is 11.4. The molecule has 0 saturated carbocycles. The summed E-state index contributed by atoms with van der Waals surface area (Å²) in [5.41, 5.74) is 4.03. The van der Waals surface area contributed by atoms with Crippen molar-refractivity contribution >= 4 is 39.8 Å². The summed E-state index contributed by atoms with van der Waals surface area (Å²) in [7, 11) is 0. The van der Waals surface area contributed by atoms with Crippen LogP contribution in [0.1, 0.15) is 5.56 Å². The zero-order valence-electron chi connectivity index (χ0n) is 16.8. The first kappa shape index (κ1) is 19.7. The van der Waals surface area contributed by atoms with Crippen molar-refractivity contribution in [2.45, 2.75) is 0 Å². The molecule has 0 atom stereocenters. The number of nitrogens with zero attached hydrogens (tertiary/aromatic N) is 4. The molecule has 2 heterocycles. The minimum atomic E-state index is -0.426. The van der Waals surface area contributed by atoms with Crippen LogP contribution >= 0.6 is 11.3 Å². The summed E-state index contributed by atoms with van der Waals surface area (Å²) in [4.78, 5) is 19.4. The average molecular weight is 440 g/mol. The van der Waals surface area contributed by atoms with Crippen LogP contribution < -0.4 is 4.80 Å². The van der Waals surface area contributed by atoms with Crippen LogP contribution in [0.2, 0.25) is 0 Å². The van der Waals surface area contributed by atoms with Crippen molar-refractivity contribution in [3.8, 4) is 11.3 Å². The number of nitro benzene ring substituents is 1. The first-order chi connectivity index (χ1) is 15.7. The van der Waals surface area contributed by atoms with E-state index in [0.717, 1.165) is 27.7 Å². The lowest BCUT2D eigenvalue weighted by atomic mass is 10.2. The number of thiazole rings is 1. The molecular formula is C24H17N5O2S. The fourth-order valence-corrected chi connectivity index (χ4v) is 4.28. The Morgan fingerprint density at radius 3 is 2.56 bits per heavy atom. The molecule has 2 aromatic heterocycles. The Kier molecular flexibility index (Phi) is 5.19. The normalized spacial score (nSPS) is 12.1. The molecule has 0 saturated heterocycles. The van der Waals surface area contributed by atoms with E-state index in [1.807, 2.05) is 66.2 Å². The van der Waals surface area contributed by atoms with E-state index in [9.17, 15) is 10.1 Å². The van der Waals surface area contributed by atoms with Crippen molar-refractivity contribution < 1.29 is 4.92 Å². The number of nitrogens with one attached hydrogen (secondary N) is 1. The lowest BCUT2D eigenvalue weighted by Crippen LogP contribution is -2.11. The second kappa shape index (κ2) is 8.44. The number of hydrogen-bond donors (Lipinski definition) is 1. The van der Waals surface area contributed by atoms with Gasteiger partial charge in [-0.15, -0.1) is 11.3 Å². The van der Waals surface area contributed by atoms with E-state index in [2.05, 4.69) is 9.98 Å². The van der Waals surface area contributed by atoms with Crippen molar-refractivity contribution in [2.75, 3.05) is 0 Å². The lowest BCUT2D eigenvalue weighted by Gasteiger charge is -2.03. The van der Waals surface area contributed by atoms with Gasteiger partial charge in [-0.05, 0) is 12.1 Å². The molecule has 0 aliphatic heterocycles. The average Bonchev–Trinajstić information content (AvgIpc) is 3.42. The van der Waals surface area contributed by atoms with Gasteiger partial charge in [0.1, 0.15) is 5.69 Å². The molecule has 5 aromatic rings. The molecule has 0 radical (unpaired) electrons. The Morgan fingerprint density at radius 1 is 0.969 bits per heavy atom. The van der Waals surface area contributed by atoms with Gasteiger partial charge < -0.3 is 4.98 Å². The highest BCUT2D eigenvalue weighted by Crippen LogP contribution is 2.27. The highest BCUT2D eigenvalue weighted by Gasteiger charge is 2.13. The lowest BCUT2D eigenvalue weighted by molar-refractivity contribution is -0.384. The topological polar surface area (TPSA) is 88.6 Å². The summed E-state index contributed by atoms with van der Waals surface area (Å²) in [5, 5.41) is 19.2. The summed E-state index contributed by atoms with van der Waals surface area (Å²) < 4.78 is 1.72. The van der Waals surface area contributed by atoms with Crippen LogP contribution in [0.25, 0.3) is 22.2 Å². The number of nitro groups is 1. The van der Waals surface area contributed by atoms with E-state index < -0.39 is 4.92 Å². The van der Waals surface area contributed by atoms with Gasteiger partial charge >= 0.3 is 0 Å².